The van der Waals surface area contributed by atoms with Crippen LogP contribution in [0.15, 0.2) is 30.3 Å². The van der Waals surface area contributed by atoms with Crippen LogP contribution in [0.4, 0.5) is 4.39 Å². The van der Waals surface area contributed by atoms with Gasteiger partial charge in [0.2, 0.25) is 0 Å². The summed E-state index contributed by atoms with van der Waals surface area (Å²) in [6, 6.07) is 8.50. The van der Waals surface area contributed by atoms with E-state index in [0.29, 0.717) is 23.5 Å². The van der Waals surface area contributed by atoms with Crippen LogP contribution in [0.2, 0.25) is 0 Å². The molecule has 0 aromatic heterocycles. The third kappa shape index (κ3) is 3.60. The molecule has 21 heavy (non-hydrogen) atoms. The van der Waals surface area contributed by atoms with Crippen LogP contribution in [0.5, 0.6) is 5.75 Å². The number of hydrogen-bond donors (Lipinski definition) is 2. The van der Waals surface area contributed by atoms with E-state index in [1.807, 2.05) is 32.0 Å². The van der Waals surface area contributed by atoms with Gasteiger partial charge in [-0.2, -0.15) is 0 Å². The molecule has 2 aromatic rings. The number of halogens is 1. The zero-order chi connectivity index (χ0) is 15.4. The highest BCUT2D eigenvalue weighted by atomic mass is 19.1. The molecular formula is C17H19FO3. The number of aryl methyl sites for hydroxylation is 2. The van der Waals surface area contributed by atoms with E-state index in [9.17, 15) is 14.6 Å². The standard InChI is InChI=1S/C17H19FO3/c1-11-3-4-12(2)15(5-11)10-21-17-13(8-19)6-16(18)7-14(17)9-20/h3-7,19-20H,8-10H2,1-2H3. The molecule has 0 aliphatic rings. The first-order valence-electron chi connectivity index (χ1n) is 6.77. The Morgan fingerprint density at radius 1 is 0.952 bits per heavy atom. The average Bonchev–Trinajstić information content (AvgIpc) is 2.48. The maximum Gasteiger partial charge on any atom is 0.131 e. The van der Waals surface area contributed by atoms with Gasteiger partial charge >= 0.3 is 0 Å². The third-order valence-electron chi connectivity index (χ3n) is 3.42. The molecule has 3 nitrogen and oxygen atoms in total. The molecule has 0 saturated carbocycles. The Kier molecular flexibility index (Phi) is 4.94. The van der Waals surface area contributed by atoms with Gasteiger partial charge in [0, 0.05) is 11.1 Å². The first-order chi connectivity index (χ1) is 10.0. The molecule has 0 amide bonds. The zero-order valence-corrected chi connectivity index (χ0v) is 12.2. The van der Waals surface area contributed by atoms with Gasteiger partial charge in [0.1, 0.15) is 18.2 Å². The van der Waals surface area contributed by atoms with Crippen LogP contribution < -0.4 is 4.74 Å². The Balaban J connectivity index is 2.29. The van der Waals surface area contributed by atoms with Crippen molar-refractivity contribution in [1.82, 2.24) is 0 Å². The topological polar surface area (TPSA) is 49.7 Å². The van der Waals surface area contributed by atoms with E-state index in [1.54, 1.807) is 0 Å². The van der Waals surface area contributed by atoms with Gasteiger partial charge in [0.15, 0.2) is 0 Å². The molecule has 2 rings (SSSR count). The van der Waals surface area contributed by atoms with Gasteiger partial charge in [-0.25, -0.2) is 4.39 Å². The molecule has 0 radical (unpaired) electrons. The zero-order valence-electron chi connectivity index (χ0n) is 12.2. The summed E-state index contributed by atoms with van der Waals surface area (Å²) < 4.78 is 19.1. The SMILES string of the molecule is Cc1ccc(C)c(COc2c(CO)cc(F)cc2CO)c1. The smallest absolute Gasteiger partial charge is 0.131 e. The van der Waals surface area contributed by atoms with Gasteiger partial charge in [0.05, 0.1) is 13.2 Å². The van der Waals surface area contributed by atoms with E-state index in [0.717, 1.165) is 16.7 Å². The summed E-state index contributed by atoms with van der Waals surface area (Å²) >= 11 is 0. The van der Waals surface area contributed by atoms with Crippen molar-refractivity contribution in [3.8, 4) is 5.75 Å². The van der Waals surface area contributed by atoms with Crippen molar-refractivity contribution in [1.29, 1.82) is 0 Å². The monoisotopic (exact) mass is 290 g/mol. The molecule has 2 aromatic carbocycles. The van der Waals surface area contributed by atoms with Crippen molar-refractivity contribution in [2.24, 2.45) is 0 Å². The van der Waals surface area contributed by atoms with E-state index in [4.69, 9.17) is 4.74 Å². The summed E-state index contributed by atoms with van der Waals surface area (Å²) in [7, 11) is 0. The fourth-order valence-corrected chi connectivity index (χ4v) is 2.24. The lowest BCUT2D eigenvalue weighted by atomic mass is 10.1. The van der Waals surface area contributed by atoms with E-state index in [-0.39, 0.29) is 13.2 Å². The number of aliphatic hydroxyl groups is 2. The number of ether oxygens (including phenoxy) is 1. The Morgan fingerprint density at radius 3 is 2.14 bits per heavy atom. The van der Waals surface area contributed by atoms with Gasteiger partial charge in [0.25, 0.3) is 0 Å². The number of rotatable bonds is 5. The molecule has 0 aliphatic carbocycles. The van der Waals surface area contributed by atoms with E-state index >= 15 is 0 Å². The number of aliphatic hydroxyl groups excluding tert-OH is 2. The van der Waals surface area contributed by atoms with Crippen molar-refractivity contribution in [3.05, 3.63) is 64.0 Å². The normalized spacial score (nSPS) is 10.7. The summed E-state index contributed by atoms with van der Waals surface area (Å²) in [4.78, 5) is 0. The Morgan fingerprint density at radius 2 is 1.57 bits per heavy atom. The van der Waals surface area contributed by atoms with Crippen molar-refractivity contribution in [2.45, 2.75) is 33.7 Å². The number of hydrogen-bond acceptors (Lipinski definition) is 3. The van der Waals surface area contributed by atoms with Crippen molar-refractivity contribution in [3.63, 3.8) is 0 Å². The molecule has 0 unspecified atom stereocenters. The second-order valence-electron chi connectivity index (χ2n) is 5.09. The maximum atomic E-state index is 13.4. The fourth-order valence-electron chi connectivity index (χ4n) is 2.24. The Hall–Kier alpha value is -1.91. The molecule has 0 aliphatic heterocycles. The van der Waals surface area contributed by atoms with Crippen LogP contribution in [0.25, 0.3) is 0 Å². The van der Waals surface area contributed by atoms with E-state index < -0.39 is 5.82 Å². The highest BCUT2D eigenvalue weighted by Crippen LogP contribution is 2.27. The highest BCUT2D eigenvalue weighted by molar-refractivity contribution is 5.42. The fraction of sp³-hybridized carbons (Fsp3) is 0.294. The van der Waals surface area contributed by atoms with Crippen molar-refractivity contribution in [2.75, 3.05) is 0 Å². The van der Waals surface area contributed by atoms with Crippen LogP contribution in [0.1, 0.15) is 27.8 Å². The molecule has 112 valence electrons. The second kappa shape index (κ2) is 6.70. The Labute approximate surface area is 123 Å². The molecule has 2 N–H and O–H groups in total. The maximum absolute atomic E-state index is 13.4. The Bertz CT molecular complexity index is 613. The van der Waals surface area contributed by atoms with Crippen LogP contribution in [0, 0.1) is 19.7 Å². The van der Waals surface area contributed by atoms with Gasteiger partial charge in [-0.05, 0) is 37.1 Å². The number of benzene rings is 2. The summed E-state index contributed by atoms with van der Waals surface area (Å²) in [6.45, 7) is 3.61. The van der Waals surface area contributed by atoms with Crippen molar-refractivity contribution >= 4 is 0 Å². The molecule has 0 heterocycles. The average molecular weight is 290 g/mol. The summed E-state index contributed by atoms with van der Waals surface area (Å²) in [5.74, 6) is -0.149. The predicted molar refractivity (Wildman–Crippen MR) is 78.5 cm³/mol. The molecule has 4 heteroatoms. The van der Waals surface area contributed by atoms with Crippen LogP contribution in [-0.4, -0.2) is 10.2 Å². The van der Waals surface area contributed by atoms with Crippen LogP contribution in [0.3, 0.4) is 0 Å². The molecule has 0 spiro atoms. The highest BCUT2D eigenvalue weighted by Gasteiger charge is 2.12. The second-order valence-corrected chi connectivity index (χ2v) is 5.09. The quantitative estimate of drug-likeness (QED) is 0.890. The van der Waals surface area contributed by atoms with Crippen LogP contribution >= 0.6 is 0 Å². The molecule has 0 atom stereocenters. The van der Waals surface area contributed by atoms with Gasteiger partial charge < -0.3 is 14.9 Å². The summed E-state index contributed by atoms with van der Waals surface area (Å²) in [5, 5.41) is 18.7. The molecule has 0 saturated heterocycles. The molecule has 0 fully saturated rings. The van der Waals surface area contributed by atoms with Gasteiger partial charge in [-0.15, -0.1) is 0 Å². The first kappa shape index (κ1) is 15.5. The summed E-state index contributed by atoms with van der Waals surface area (Å²) in [6.07, 6.45) is 0. The minimum absolute atomic E-state index is 0.305. The predicted octanol–water partition coefficient (Wildman–Crippen LogP) is 3.01. The molecule has 0 bridgehead atoms. The minimum Gasteiger partial charge on any atom is -0.488 e. The minimum atomic E-state index is -0.498. The molecular weight excluding hydrogens is 271 g/mol. The van der Waals surface area contributed by atoms with Crippen molar-refractivity contribution < 1.29 is 19.3 Å². The first-order valence-corrected chi connectivity index (χ1v) is 6.77. The van der Waals surface area contributed by atoms with E-state index in [1.165, 1.54) is 12.1 Å². The lowest BCUT2D eigenvalue weighted by Gasteiger charge is -2.15. The van der Waals surface area contributed by atoms with Gasteiger partial charge in [-0.3, -0.25) is 0 Å². The largest absolute Gasteiger partial charge is 0.488 e. The lowest BCUT2D eigenvalue weighted by molar-refractivity contribution is 0.241. The lowest BCUT2D eigenvalue weighted by Crippen LogP contribution is -2.05. The van der Waals surface area contributed by atoms with Crippen LogP contribution in [-0.2, 0) is 19.8 Å². The summed E-state index contributed by atoms with van der Waals surface area (Å²) in [5.41, 5.74) is 3.92. The van der Waals surface area contributed by atoms with E-state index in [2.05, 4.69) is 0 Å². The van der Waals surface area contributed by atoms with Gasteiger partial charge in [-0.1, -0.05) is 23.8 Å². The third-order valence-corrected chi connectivity index (χ3v) is 3.42.